The Bertz CT molecular complexity index is 932. The van der Waals surface area contributed by atoms with Crippen LogP contribution in [0.25, 0.3) is 0 Å². The third-order valence-electron chi connectivity index (χ3n) is 3.96. The van der Waals surface area contributed by atoms with Crippen molar-refractivity contribution in [3.05, 3.63) is 57.0 Å². The van der Waals surface area contributed by atoms with Gasteiger partial charge < -0.3 is 4.74 Å². The maximum Gasteiger partial charge on any atom is 0.338 e. The zero-order valence-corrected chi connectivity index (χ0v) is 15.3. The highest BCUT2D eigenvalue weighted by atomic mass is 32.2. The molecule has 3 rings (SSSR count). The SMILES string of the molecule is O=C(OCc1csc([N+](=O)[O-])c1)c1cccc(S(=O)(=O)N2CCCC2)c1. The van der Waals surface area contributed by atoms with Crippen molar-refractivity contribution >= 4 is 32.3 Å². The molecule has 0 bridgehead atoms. The van der Waals surface area contributed by atoms with Gasteiger partial charge in [-0.3, -0.25) is 10.1 Å². The standard InChI is InChI=1S/C16H16N2O6S2/c19-16(24-10-12-8-15(18(20)21)25-11-12)13-4-3-5-14(9-13)26(22,23)17-6-1-2-7-17/h3-5,8-9,11H,1-2,6-7,10H2. The number of hydrogen-bond acceptors (Lipinski definition) is 7. The second kappa shape index (κ2) is 7.52. The molecule has 10 heteroatoms. The smallest absolute Gasteiger partial charge is 0.338 e. The molecular formula is C16H16N2O6S2. The second-order valence-electron chi connectivity index (χ2n) is 5.77. The van der Waals surface area contributed by atoms with Gasteiger partial charge in [0.2, 0.25) is 10.0 Å². The Morgan fingerprint density at radius 3 is 2.65 bits per heavy atom. The molecule has 1 fully saturated rings. The first kappa shape index (κ1) is 18.5. The van der Waals surface area contributed by atoms with Crippen LogP contribution in [0.3, 0.4) is 0 Å². The minimum Gasteiger partial charge on any atom is -0.457 e. The van der Waals surface area contributed by atoms with Gasteiger partial charge in [-0.25, -0.2) is 13.2 Å². The summed E-state index contributed by atoms with van der Waals surface area (Å²) in [5.41, 5.74) is 0.630. The molecule has 26 heavy (non-hydrogen) atoms. The first-order valence-corrected chi connectivity index (χ1v) is 10.2. The molecule has 0 saturated carbocycles. The number of thiophene rings is 1. The number of hydrogen-bond donors (Lipinski definition) is 0. The van der Waals surface area contributed by atoms with Crippen LogP contribution in [0.15, 0.2) is 40.6 Å². The van der Waals surface area contributed by atoms with Gasteiger partial charge >= 0.3 is 11.0 Å². The lowest BCUT2D eigenvalue weighted by molar-refractivity contribution is -0.380. The number of carbonyl (C=O) groups excluding carboxylic acids is 1. The summed E-state index contributed by atoms with van der Waals surface area (Å²) >= 11 is 0.950. The minimum atomic E-state index is -3.62. The van der Waals surface area contributed by atoms with Crippen molar-refractivity contribution in [3.8, 4) is 0 Å². The van der Waals surface area contributed by atoms with E-state index in [0.717, 1.165) is 24.2 Å². The van der Waals surface area contributed by atoms with E-state index in [0.29, 0.717) is 18.7 Å². The Morgan fingerprint density at radius 1 is 1.27 bits per heavy atom. The summed E-state index contributed by atoms with van der Waals surface area (Å²) in [6, 6.07) is 7.06. The highest BCUT2D eigenvalue weighted by molar-refractivity contribution is 7.89. The maximum atomic E-state index is 12.6. The van der Waals surface area contributed by atoms with Crippen LogP contribution in [-0.2, 0) is 21.4 Å². The lowest BCUT2D eigenvalue weighted by Crippen LogP contribution is -2.28. The number of ether oxygens (including phenoxy) is 1. The van der Waals surface area contributed by atoms with E-state index in [4.69, 9.17) is 4.74 Å². The largest absolute Gasteiger partial charge is 0.457 e. The summed E-state index contributed by atoms with van der Waals surface area (Å²) in [6.07, 6.45) is 1.65. The highest BCUT2D eigenvalue weighted by Gasteiger charge is 2.27. The van der Waals surface area contributed by atoms with Gasteiger partial charge in [-0.05, 0) is 31.0 Å². The Balaban J connectivity index is 1.70. The van der Waals surface area contributed by atoms with Gasteiger partial charge in [0.05, 0.1) is 15.4 Å². The molecule has 0 spiro atoms. The van der Waals surface area contributed by atoms with Gasteiger partial charge in [-0.1, -0.05) is 17.4 Å². The van der Waals surface area contributed by atoms with Crippen LogP contribution in [0.4, 0.5) is 5.00 Å². The minimum absolute atomic E-state index is 0.0326. The predicted octanol–water partition coefficient (Wildman–Crippen LogP) is 2.80. The first-order valence-electron chi connectivity index (χ1n) is 7.87. The molecule has 8 nitrogen and oxygen atoms in total. The van der Waals surface area contributed by atoms with Crippen molar-refractivity contribution in [1.29, 1.82) is 0 Å². The van der Waals surface area contributed by atoms with Crippen LogP contribution in [0.5, 0.6) is 0 Å². The van der Waals surface area contributed by atoms with E-state index in [9.17, 15) is 23.3 Å². The number of esters is 1. The number of rotatable bonds is 6. The fourth-order valence-corrected chi connectivity index (χ4v) is 4.90. The molecule has 0 N–H and O–H groups in total. The van der Waals surface area contributed by atoms with E-state index >= 15 is 0 Å². The molecule has 1 saturated heterocycles. The van der Waals surface area contributed by atoms with Crippen LogP contribution < -0.4 is 0 Å². The third kappa shape index (κ3) is 3.92. The lowest BCUT2D eigenvalue weighted by Gasteiger charge is -2.15. The monoisotopic (exact) mass is 396 g/mol. The fourth-order valence-electron chi connectivity index (χ4n) is 2.63. The van der Waals surface area contributed by atoms with Gasteiger partial charge in [0.1, 0.15) is 6.61 Å². The average Bonchev–Trinajstić information content (AvgIpc) is 3.31. The number of sulfonamides is 1. The summed E-state index contributed by atoms with van der Waals surface area (Å²) in [4.78, 5) is 22.4. The van der Waals surface area contributed by atoms with Crippen LogP contribution in [0.1, 0.15) is 28.8 Å². The number of nitrogens with zero attached hydrogens (tertiary/aromatic N) is 2. The summed E-state index contributed by atoms with van der Waals surface area (Å²) < 4.78 is 31.7. The average molecular weight is 396 g/mol. The quantitative estimate of drug-likeness (QED) is 0.422. The van der Waals surface area contributed by atoms with Crippen LogP contribution in [0, 0.1) is 10.1 Å². The van der Waals surface area contributed by atoms with Crippen molar-refractivity contribution in [1.82, 2.24) is 4.31 Å². The Morgan fingerprint density at radius 2 is 2.00 bits per heavy atom. The fraction of sp³-hybridized carbons (Fsp3) is 0.312. The van der Waals surface area contributed by atoms with Gasteiger partial charge in [-0.2, -0.15) is 4.31 Å². The zero-order chi connectivity index (χ0) is 18.7. The van der Waals surface area contributed by atoms with Gasteiger partial charge in [0, 0.05) is 30.1 Å². The van der Waals surface area contributed by atoms with Crippen molar-refractivity contribution in [3.63, 3.8) is 0 Å². The van der Waals surface area contributed by atoms with Crippen LogP contribution in [-0.4, -0.2) is 36.7 Å². The molecule has 0 amide bonds. The first-order chi connectivity index (χ1) is 12.4. The Labute approximate surface area is 154 Å². The van der Waals surface area contributed by atoms with Crippen LogP contribution >= 0.6 is 11.3 Å². The van der Waals surface area contributed by atoms with E-state index in [1.165, 1.54) is 34.6 Å². The van der Waals surface area contributed by atoms with E-state index in [1.807, 2.05) is 0 Å². The zero-order valence-electron chi connectivity index (χ0n) is 13.7. The number of nitro groups is 1. The highest BCUT2D eigenvalue weighted by Crippen LogP contribution is 2.24. The van der Waals surface area contributed by atoms with E-state index in [1.54, 1.807) is 5.38 Å². The molecule has 0 atom stereocenters. The normalized spacial score (nSPS) is 15.1. The van der Waals surface area contributed by atoms with Crippen molar-refractivity contribution in [2.75, 3.05) is 13.1 Å². The van der Waals surface area contributed by atoms with E-state index in [2.05, 4.69) is 0 Å². The molecular weight excluding hydrogens is 380 g/mol. The Kier molecular flexibility index (Phi) is 5.35. The molecule has 1 aliphatic rings. The predicted molar refractivity (Wildman–Crippen MR) is 94.5 cm³/mol. The van der Waals surface area contributed by atoms with E-state index in [-0.39, 0.29) is 22.1 Å². The van der Waals surface area contributed by atoms with Crippen molar-refractivity contribution in [2.45, 2.75) is 24.3 Å². The van der Waals surface area contributed by atoms with Crippen molar-refractivity contribution < 1.29 is 22.9 Å². The molecule has 0 radical (unpaired) electrons. The van der Waals surface area contributed by atoms with Crippen molar-refractivity contribution in [2.24, 2.45) is 0 Å². The molecule has 138 valence electrons. The number of carbonyl (C=O) groups is 1. The summed E-state index contributed by atoms with van der Waals surface area (Å²) in [6.45, 7) is 0.841. The van der Waals surface area contributed by atoms with Gasteiger partial charge in [0.15, 0.2) is 0 Å². The maximum absolute atomic E-state index is 12.6. The molecule has 1 aromatic carbocycles. The molecule has 0 aliphatic carbocycles. The van der Waals surface area contributed by atoms with Gasteiger partial charge in [-0.15, -0.1) is 0 Å². The van der Waals surface area contributed by atoms with Gasteiger partial charge in [0.25, 0.3) is 0 Å². The Hall–Kier alpha value is -2.30. The second-order valence-corrected chi connectivity index (χ2v) is 8.59. The molecule has 0 unspecified atom stereocenters. The lowest BCUT2D eigenvalue weighted by atomic mass is 10.2. The van der Waals surface area contributed by atoms with Crippen LogP contribution in [0.2, 0.25) is 0 Å². The third-order valence-corrected chi connectivity index (χ3v) is 6.79. The molecule has 2 heterocycles. The molecule has 2 aromatic rings. The summed E-state index contributed by atoms with van der Waals surface area (Å²) in [5, 5.41) is 12.2. The molecule has 1 aliphatic heterocycles. The summed E-state index contributed by atoms with van der Waals surface area (Å²) in [5.74, 6) is -0.683. The number of benzene rings is 1. The summed E-state index contributed by atoms with van der Waals surface area (Å²) in [7, 11) is -3.62. The topological polar surface area (TPSA) is 107 Å². The molecule has 1 aromatic heterocycles. The van der Waals surface area contributed by atoms with E-state index < -0.39 is 20.9 Å².